The van der Waals surface area contributed by atoms with Gasteiger partial charge in [0, 0.05) is 56.6 Å². The SMILES string of the molecule is C[C@H]1CN(c2cc(F)c(-c3ccc(N4CCOCC4)c(F)c3)cc2NC(=O)c2c[nH]c(=O)cc2C(F)(F)F)CCN1. The average Bonchev–Trinajstić information content (AvgIpc) is 2.93. The molecule has 1 atom stereocenters. The lowest BCUT2D eigenvalue weighted by Crippen LogP contribution is -2.49. The van der Waals surface area contributed by atoms with Gasteiger partial charge in [0.05, 0.1) is 41.4 Å². The Morgan fingerprint density at radius 3 is 2.44 bits per heavy atom. The predicted molar refractivity (Wildman–Crippen MR) is 145 cm³/mol. The number of hydrogen-bond donors (Lipinski definition) is 3. The van der Waals surface area contributed by atoms with Crippen LogP contribution in [-0.4, -0.2) is 62.9 Å². The van der Waals surface area contributed by atoms with Crippen molar-refractivity contribution in [1.82, 2.24) is 10.3 Å². The van der Waals surface area contributed by atoms with Crippen molar-refractivity contribution >= 4 is 23.0 Å². The molecule has 0 spiro atoms. The molecule has 3 N–H and O–H groups in total. The van der Waals surface area contributed by atoms with E-state index < -0.39 is 40.4 Å². The summed E-state index contributed by atoms with van der Waals surface area (Å²) in [6, 6.07) is 7.08. The molecule has 0 unspecified atom stereocenters. The summed E-state index contributed by atoms with van der Waals surface area (Å²) in [6.07, 6.45) is -4.28. The fourth-order valence-corrected chi connectivity index (χ4v) is 5.12. The van der Waals surface area contributed by atoms with E-state index in [1.807, 2.05) is 16.7 Å². The first-order chi connectivity index (χ1) is 19.5. The van der Waals surface area contributed by atoms with Crippen molar-refractivity contribution in [3.05, 3.63) is 75.7 Å². The van der Waals surface area contributed by atoms with Gasteiger partial charge in [-0.1, -0.05) is 6.07 Å². The molecule has 2 aliphatic rings. The van der Waals surface area contributed by atoms with E-state index in [-0.39, 0.29) is 28.5 Å². The summed E-state index contributed by atoms with van der Waals surface area (Å²) in [6.45, 7) is 5.28. The molecule has 0 aliphatic carbocycles. The quantitative estimate of drug-likeness (QED) is 0.394. The molecule has 2 aliphatic heterocycles. The number of morpholine rings is 1. The number of ether oxygens (including phenoxy) is 1. The first-order valence-corrected chi connectivity index (χ1v) is 13.1. The molecule has 2 fully saturated rings. The van der Waals surface area contributed by atoms with Crippen LogP contribution in [0.2, 0.25) is 0 Å². The summed E-state index contributed by atoms with van der Waals surface area (Å²) in [7, 11) is 0. The highest BCUT2D eigenvalue weighted by atomic mass is 19.4. The van der Waals surface area contributed by atoms with Crippen LogP contribution >= 0.6 is 0 Å². The first-order valence-electron chi connectivity index (χ1n) is 13.1. The Labute approximate surface area is 232 Å². The van der Waals surface area contributed by atoms with Gasteiger partial charge in [0.2, 0.25) is 5.56 Å². The molecule has 1 amide bonds. The number of benzene rings is 2. The van der Waals surface area contributed by atoms with Gasteiger partial charge in [0.1, 0.15) is 11.6 Å². The maximum absolute atomic E-state index is 15.6. The highest BCUT2D eigenvalue weighted by Gasteiger charge is 2.36. The number of anilines is 3. The van der Waals surface area contributed by atoms with Gasteiger partial charge < -0.3 is 30.2 Å². The Hall–Kier alpha value is -3.97. The Morgan fingerprint density at radius 2 is 1.76 bits per heavy atom. The fraction of sp³-hybridized carbons (Fsp3) is 0.357. The van der Waals surface area contributed by atoms with Crippen molar-refractivity contribution < 1.29 is 31.5 Å². The van der Waals surface area contributed by atoms with Gasteiger partial charge in [-0.25, -0.2) is 8.78 Å². The molecule has 0 saturated carbocycles. The highest BCUT2D eigenvalue weighted by Crippen LogP contribution is 2.37. The maximum atomic E-state index is 15.6. The second-order valence-corrected chi connectivity index (χ2v) is 9.99. The molecule has 8 nitrogen and oxygen atoms in total. The van der Waals surface area contributed by atoms with Gasteiger partial charge in [-0.05, 0) is 36.8 Å². The van der Waals surface area contributed by atoms with E-state index in [0.717, 1.165) is 0 Å². The predicted octanol–water partition coefficient (Wildman–Crippen LogP) is 4.23. The number of halogens is 5. The van der Waals surface area contributed by atoms with Crippen LogP contribution in [0.25, 0.3) is 11.1 Å². The van der Waals surface area contributed by atoms with Crippen LogP contribution in [0.3, 0.4) is 0 Å². The van der Waals surface area contributed by atoms with Gasteiger partial charge in [0.25, 0.3) is 5.91 Å². The number of alkyl halides is 3. The number of aromatic amines is 1. The number of carbonyl (C=O) groups is 1. The van der Waals surface area contributed by atoms with Crippen molar-refractivity contribution in [3.8, 4) is 11.1 Å². The van der Waals surface area contributed by atoms with E-state index in [1.165, 1.54) is 24.3 Å². The summed E-state index contributed by atoms with van der Waals surface area (Å²) in [5.74, 6) is -2.41. The minimum absolute atomic E-state index is 0.0212. The smallest absolute Gasteiger partial charge is 0.378 e. The van der Waals surface area contributed by atoms with Crippen molar-refractivity contribution in [2.45, 2.75) is 19.1 Å². The summed E-state index contributed by atoms with van der Waals surface area (Å²) in [5, 5.41) is 5.73. The maximum Gasteiger partial charge on any atom is 0.417 e. The number of piperazine rings is 1. The standard InChI is InChI=1S/C28H28F5N5O3/c1-16-15-38(5-4-34-16)25-13-21(29)18(17-2-3-24(22(30)10-17)37-6-8-41-9-7-37)11-23(25)36-27(40)19-14-35-26(39)12-20(19)28(31,32)33/h2-3,10-14,16,34H,4-9,15H2,1H3,(H,35,39)(H,36,40)/t16-/m0/s1. The van der Waals surface area contributed by atoms with Gasteiger partial charge >= 0.3 is 6.18 Å². The third-order valence-corrected chi connectivity index (χ3v) is 7.13. The number of hydrogen-bond acceptors (Lipinski definition) is 6. The van der Waals surface area contributed by atoms with E-state index in [4.69, 9.17) is 4.74 Å². The molecule has 1 aromatic heterocycles. The van der Waals surface area contributed by atoms with Gasteiger partial charge in [-0.3, -0.25) is 9.59 Å². The van der Waals surface area contributed by atoms with Crippen LogP contribution < -0.4 is 26.0 Å². The molecule has 41 heavy (non-hydrogen) atoms. The summed E-state index contributed by atoms with van der Waals surface area (Å²) >= 11 is 0. The van der Waals surface area contributed by atoms with E-state index in [0.29, 0.717) is 63.9 Å². The van der Waals surface area contributed by atoms with Crippen LogP contribution in [0.1, 0.15) is 22.8 Å². The molecular formula is C28H28F5N5O3. The molecule has 5 rings (SSSR count). The topological polar surface area (TPSA) is 89.7 Å². The van der Waals surface area contributed by atoms with E-state index in [9.17, 15) is 22.8 Å². The third kappa shape index (κ3) is 6.20. The average molecular weight is 578 g/mol. The monoisotopic (exact) mass is 577 g/mol. The molecule has 13 heteroatoms. The zero-order chi connectivity index (χ0) is 29.3. The van der Waals surface area contributed by atoms with Crippen LogP contribution in [0.4, 0.5) is 39.0 Å². The zero-order valence-corrected chi connectivity index (χ0v) is 22.1. The minimum atomic E-state index is -4.97. The van der Waals surface area contributed by atoms with Crippen LogP contribution in [0.5, 0.6) is 0 Å². The lowest BCUT2D eigenvalue weighted by molar-refractivity contribution is -0.138. The third-order valence-electron chi connectivity index (χ3n) is 7.13. The Morgan fingerprint density at radius 1 is 1.00 bits per heavy atom. The molecule has 3 aromatic rings. The van der Waals surface area contributed by atoms with Crippen LogP contribution in [0.15, 0.2) is 47.4 Å². The molecule has 3 heterocycles. The number of pyridine rings is 1. The number of nitrogens with zero attached hydrogens (tertiary/aromatic N) is 2. The van der Waals surface area contributed by atoms with Crippen LogP contribution in [-0.2, 0) is 10.9 Å². The molecule has 0 radical (unpaired) electrons. The lowest BCUT2D eigenvalue weighted by atomic mass is 10.0. The number of rotatable bonds is 5. The second kappa shape index (κ2) is 11.5. The summed E-state index contributed by atoms with van der Waals surface area (Å²) < 4.78 is 77.0. The molecule has 0 bridgehead atoms. The molecule has 2 aromatic carbocycles. The van der Waals surface area contributed by atoms with Crippen molar-refractivity contribution in [2.75, 3.05) is 61.1 Å². The van der Waals surface area contributed by atoms with E-state index in [2.05, 4.69) is 15.6 Å². The lowest BCUT2D eigenvalue weighted by Gasteiger charge is -2.35. The number of carbonyl (C=O) groups excluding carboxylic acids is 1. The summed E-state index contributed by atoms with van der Waals surface area (Å²) in [5.41, 5.74) is -2.44. The highest BCUT2D eigenvalue weighted by molar-refractivity contribution is 6.07. The molecular weight excluding hydrogens is 549 g/mol. The number of amides is 1. The molecule has 2 saturated heterocycles. The number of nitrogens with one attached hydrogen (secondary N) is 3. The zero-order valence-electron chi connectivity index (χ0n) is 22.1. The Bertz CT molecular complexity index is 1500. The Kier molecular flexibility index (Phi) is 8.00. The minimum Gasteiger partial charge on any atom is -0.378 e. The largest absolute Gasteiger partial charge is 0.417 e. The fourth-order valence-electron chi connectivity index (χ4n) is 5.12. The van der Waals surface area contributed by atoms with Gasteiger partial charge in [0.15, 0.2) is 0 Å². The van der Waals surface area contributed by atoms with E-state index in [1.54, 1.807) is 6.07 Å². The summed E-state index contributed by atoms with van der Waals surface area (Å²) in [4.78, 5) is 30.5. The second-order valence-electron chi connectivity index (χ2n) is 9.99. The van der Waals surface area contributed by atoms with Crippen LogP contribution in [0, 0.1) is 11.6 Å². The molecule has 218 valence electrons. The van der Waals surface area contributed by atoms with Crippen molar-refractivity contribution in [3.63, 3.8) is 0 Å². The van der Waals surface area contributed by atoms with E-state index >= 15 is 8.78 Å². The Balaban J connectivity index is 1.55. The normalized spacial score (nSPS) is 18.0. The van der Waals surface area contributed by atoms with Gasteiger partial charge in [-0.2, -0.15) is 13.2 Å². The van der Waals surface area contributed by atoms with Gasteiger partial charge in [-0.15, -0.1) is 0 Å². The van der Waals surface area contributed by atoms with Crippen molar-refractivity contribution in [1.29, 1.82) is 0 Å². The van der Waals surface area contributed by atoms with Crippen molar-refractivity contribution in [2.24, 2.45) is 0 Å². The number of H-pyrrole nitrogens is 1. The first kappa shape index (κ1) is 28.6. The number of aromatic nitrogens is 1.